The molecule has 2 aliphatic rings. The Morgan fingerprint density at radius 3 is 2.12 bits per heavy atom. The third kappa shape index (κ3) is 1.91. The molecule has 2 aliphatic carbocycles. The predicted molar refractivity (Wildman–Crippen MR) is 135 cm³/mol. The maximum atomic E-state index is 6.30. The van der Waals surface area contributed by atoms with E-state index in [2.05, 4.69) is 104 Å². The van der Waals surface area contributed by atoms with Crippen molar-refractivity contribution in [2.75, 3.05) is 0 Å². The molecule has 1 spiro atoms. The van der Waals surface area contributed by atoms with E-state index in [9.17, 15) is 0 Å². The molecule has 1 aromatic heterocycles. The van der Waals surface area contributed by atoms with Crippen LogP contribution in [0.25, 0.3) is 44.2 Å². The van der Waals surface area contributed by atoms with E-state index in [0.29, 0.717) is 0 Å². The summed E-state index contributed by atoms with van der Waals surface area (Å²) in [5.41, 5.74) is 13.7. The van der Waals surface area contributed by atoms with Gasteiger partial charge in [-0.15, -0.1) is 0 Å². The van der Waals surface area contributed by atoms with E-state index < -0.39 is 0 Å². The molecule has 1 heteroatoms. The van der Waals surface area contributed by atoms with E-state index in [4.69, 9.17) is 4.42 Å². The molecule has 1 unspecified atom stereocenters. The SMILES string of the molecule is Cc1ccc2c(c1)C1(c3ccccc3-2)c2ccccc2-c2c1ccc1oc3ccccc3c21. The lowest BCUT2D eigenvalue weighted by atomic mass is 9.70. The summed E-state index contributed by atoms with van der Waals surface area (Å²) < 4.78 is 6.30. The van der Waals surface area contributed by atoms with Gasteiger partial charge in [-0.25, -0.2) is 0 Å². The van der Waals surface area contributed by atoms with Gasteiger partial charge in [-0.1, -0.05) is 96.6 Å². The van der Waals surface area contributed by atoms with Crippen molar-refractivity contribution in [2.45, 2.75) is 12.3 Å². The van der Waals surface area contributed by atoms with Crippen molar-refractivity contribution >= 4 is 21.9 Å². The second kappa shape index (κ2) is 5.82. The molecule has 1 nitrogen and oxygen atoms in total. The predicted octanol–water partition coefficient (Wildman–Crippen LogP) is 8.24. The molecule has 0 saturated heterocycles. The Hall–Kier alpha value is -4.10. The number of hydrogen-bond acceptors (Lipinski definition) is 1. The van der Waals surface area contributed by atoms with E-state index in [1.807, 2.05) is 6.07 Å². The normalized spacial score (nSPS) is 17.4. The quantitative estimate of drug-likeness (QED) is 0.241. The third-order valence-corrected chi connectivity index (χ3v) is 7.75. The van der Waals surface area contributed by atoms with E-state index in [0.717, 1.165) is 11.2 Å². The number of rotatable bonds is 0. The minimum absolute atomic E-state index is 0.309. The van der Waals surface area contributed by atoms with Crippen molar-refractivity contribution in [1.29, 1.82) is 0 Å². The number of para-hydroxylation sites is 1. The molecular weight excluding hydrogens is 400 g/mol. The first-order valence-electron chi connectivity index (χ1n) is 11.5. The summed E-state index contributed by atoms with van der Waals surface area (Å²) in [5.74, 6) is 0. The first-order valence-corrected chi connectivity index (χ1v) is 11.5. The lowest BCUT2D eigenvalue weighted by Crippen LogP contribution is -2.25. The van der Waals surface area contributed by atoms with Crippen LogP contribution in [-0.4, -0.2) is 0 Å². The molecule has 1 atom stereocenters. The third-order valence-electron chi connectivity index (χ3n) is 7.75. The molecule has 0 radical (unpaired) electrons. The largest absolute Gasteiger partial charge is 0.456 e. The fourth-order valence-corrected chi connectivity index (χ4v) is 6.56. The number of fused-ring (bicyclic) bond motifs is 14. The summed E-state index contributed by atoms with van der Waals surface area (Å²) >= 11 is 0. The van der Waals surface area contributed by atoms with Gasteiger partial charge in [0.15, 0.2) is 0 Å². The standard InChI is InChI=1S/C32H20O/c1-19-14-15-21-20-8-2-5-11-24(20)32(27(21)18-19)25-12-6-3-9-22(25)30-26(32)16-17-29-31(30)23-10-4-7-13-28(23)33-29/h2-18H,1H3. The second-order valence-electron chi connectivity index (χ2n) is 9.35. The van der Waals surface area contributed by atoms with E-state index >= 15 is 0 Å². The number of hydrogen-bond donors (Lipinski definition) is 0. The summed E-state index contributed by atoms with van der Waals surface area (Å²) in [4.78, 5) is 0. The van der Waals surface area contributed by atoms with Crippen LogP contribution in [0.5, 0.6) is 0 Å². The molecule has 5 aromatic carbocycles. The Labute approximate surface area is 191 Å². The molecule has 0 fully saturated rings. The summed E-state index contributed by atoms with van der Waals surface area (Å²) in [5, 5.41) is 2.41. The molecule has 1 heterocycles. The highest BCUT2D eigenvalue weighted by Crippen LogP contribution is 2.64. The fraction of sp³-hybridized carbons (Fsp3) is 0.0625. The van der Waals surface area contributed by atoms with Crippen LogP contribution in [0, 0.1) is 6.92 Å². The first kappa shape index (κ1) is 17.5. The average Bonchev–Trinajstić information content (AvgIpc) is 3.47. The van der Waals surface area contributed by atoms with Gasteiger partial charge in [0, 0.05) is 10.8 Å². The number of aryl methyl sites for hydroxylation is 1. The van der Waals surface area contributed by atoms with Gasteiger partial charge < -0.3 is 4.42 Å². The van der Waals surface area contributed by atoms with Gasteiger partial charge in [-0.3, -0.25) is 0 Å². The smallest absolute Gasteiger partial charge is 0.136 e. The fourth-order valence-electron chi connectivity index (χ4n) is 6.56. The Bertz CT molecular complexity index is 1780. The van der Waals surface area contributed by atoms with Crippen LogP contribution in [0.15, 0.2) is 108 Å². The topological polar surface area (TPSA) is 13.1 Å². The minimum atomic E-state index is -0.309. The maximum absolute atomic E-state index is 6.30. The van der Waals surface area contributed by atoms with Gasteiger partial charge in [-0.05, 0) is 63.6 Å². The van der Waals surface area contributed by atoms with E-state index in [1.165, 1.54) is 60.8 Å². The Morgan fingerprint density at radius 2 is 1.24 bits per heavy atom. The van der Waals surface area contributed by atoms with Crippen LogP contribution < -0.4 is 0 Å². The highest BCUT2D eigenvalue weighted by Gasteiger charge is 2.52. The minimum Gasteiger partial charge on any atom is -0.456 e. The van der Waals surface area contributed by atoms with Crippen molar-refractivity contribution in [2.24, 2.45) is 0 Å². The van der Waals surface area contributed by atoms with Crippen molar-refractivity contribution in [3.63, 3.8) is 0 Å². The summed E-state index contributed by atoms with van der Waals surface area (Å²) in [6.45, 7) is 2.20. The van der Waals surface area contributed by atoms with Gasteiger partial charge in [0.05, 0.1) is 5.41 Å². The van der Waals surface area contributed by atoms with E-state index in [1.54, 1.807) is 0 Å². The lowest BCUT2D eigenvalue weighted by Gasteiger charge is -2.30. The van der Waals surface area contributed by atoms with Crippen molar-refractivity contribution in [3.05, 3.63) is 131 Å². The monoisotopic (exact) mass is 420 g/mol. The Kier molecular flexibility index (Phi) is 3.08. The van der Waals surface area contributed by atoms with Crippen molar-refractivity contribution in [1.82, 2.24) is 0 Å². The summed E-state index contributed by atoms with van der Waals surface area (Å²) in [7, 11) is 0. The van der Waals surface area contributed by atoms with Gasteiger partial charge in [0.1, 0.15) is 11.2 Å². The van der Waals surface area contributed by atoms with Gasteiger partial charge in [0.2, 0.25) is 0 Å². The van der Waals surface area contributed by atoms with Gasteiger partial charge in [0.25, 0.3) is 0 Å². The van der Waals surface area contributed by atoms with E-state index in [-0.39, 0.29) is 5.41 Å². The second-order valence-corrected chi connectivity index (χ2v) is 9.35. The van der Waals surface area contributed by atoms with Crippen LogP contribution >= 0.6 is 0 Å². The highest BCUT2D eigenvalue weighted by atomic mass is 16.3. The molecule has 154 valence electrons. The van der Waals surface area contributed by atoms with Crippen LogP contribution in [0.1, 0.15) is 27.8 Å². The lowest BCUT2D eigenvalue weighted by molar-refractivity contribution is 0.668. The molecule has 0 saturated carbocycles. The number of furan rings is 1. The van der Waals surface area contributed by atoms with Crippen molar-refractivity contribution in [3.8, 4) is 22.3 Å². The summed E-state index contributed by atoms with van der Waals surface area (Å²) in [6, 6.07) is 37.8. The highest BCUT2D eigenvalue weighted by molar-refractivity contribution is 6.16. The zero-order valence-electron chi connectivity index (χ0n) is 18.2. The molecule has 0 amide bonds. The molecule has 0 bridgehead atoms. The summed E-state index contributed by atoms with van der Waals surface area (Å²) in [6.07, 6.45) is 0. The maximum Gasteiger partial charge on any atom is 0.136 e. The molecule has 33 heavy (non-hydrogen) atoms. The molecule has 8 rings (SSSR count). The van der Waals surface area contributed by atoms with Crippen LogP contribution in [0.3, 0.4) is 0 Å². The number of benzene rings is 5. The zero-order chi connectivity index (χ0) is 21.7. The molecule has 6 aromatic rings. The van der Waals surface area contributed by atoms with Gasteiger partial charge in [-0.2, -0.15) is 0 Å². The average molecular weight is 421 g/mol. The Morgan fingerprint density at radius 1 is 0.545 bits per heavy atom. The zero-order valence-corrected chi connectivity index (χ0v) is 18.2. The van der Waals surface area contributed by atoms with Crippen LogP contribution in [0.2, 0.25) is 0 Å². The Balaban J connectivity index is 1.64. The molecular formula is C32H20O. The van der Waals surface area contributed by atoms with Crippen molar-refractivity contribution < 1.29 is 4.42 Å². The van der Waals surface area contributed by atoms with Gasteiger partial charge >= 0.3 is 0 Å². The first-order chi connectivity index (χ1) is 16.3. The molecule has 0 aliphatic heterocycles. The van der Waals surface area contributed by atoms with Crippen LogP contribution in [-0.2, 0) is 5.41 Å². The van der Waals surface area contributed by atoms with Crippen LogP contribution in [0.4, 0.5) is 0 Å². The molecule has 0 N–H and O–H groups in total.